The summed E-state index contributed by atoms with van der Waals surface area (Å²) >= 11 is 0. The number of aliphatic hydroxyl groups is 1. The molecule has 4 aromatic rings. The number of rotatable bonds is 16. The van der Waals surface area contributed by atoms with Gasteiger partial charge in [0.25, 0.3) is 0 Å². The highest BCUT2D eigenvalue weighted by Crippen LogP contribution is 2.34. The predicted molar refractivity (Wildman–Crippen MR) is 171 cm³/mol. The van der Waals surface area contributed by atoms with Gasteiger partial charge in [-0.05, 0) is 28.7 Å². The fourth-order valence-corrected chi connectivity index (χ4v) is 5.52. The molecule has 5 rings (SSSR count). The lowest BCUT2D eigenvalue weighted by Crippen LogP contribution is -2.66. The maximum atomic E-state index is 12.0. The fraction of sp³-hybridized carbons (Fsp3) is 0.368. The van der Waals surface area contributed by atoms with Crippen molar-refractivity contribution in [2.45, 2.75) is 82.8 Å². The molecule has 1 aliphatic rings. The Labute approximate surface area is 261 Å². The summed E-state index contributed by atoms with van der Waals surface area (Å²) in [6.45, 7) is 3.96. The van der Waals surface area contributed by atoms with Gasteiger partial charge < -0.3 is 28.8 Å². The summed E-state index contributed by atoms with van der Waals surface area (Å²) in [7, 11) is 0. The number of hydrogen-bond acceptors (Lipinski definition) is 6. The number of aliphatic hydroxyl groups excluding tert-OH is 1. The van der Waals surface area contributed by atoms with Crippen molar-refractivity contribution in [2.75, 3.05) is 6.61 Å². The van der Waals surface area contributed by atoms with E-state index in [0.717, 1.165) is 35.1 Å². The van der Waals surface area contributed by atoms with Crippen molar-refractivity contribution in [3.05, 3.63) is 144 Å². The molecule has 0 radical (unpaired) electrons. The second-order valence-electron chi connectivity index (χ2n) is 11.2. The van der Waals surface area contributed by atoms with Gasteiger partial charge >= 0.3 is 0 Å². The van der Waals surface area contributed by atoms with Crippen LogP contribution in [0.25, 0.3) is 0 Å². The van der Waals surface area contributed by atoms with E-state index in [1.807, 2.05) is 121 Å². The Balaban J connectivity index is 1.48. The molecule has 6 atom stereocenters. The maximum Gasteiger partial charge on any atom is 0.116 e. The number of ether oxygens (including phenoxy) is 5. The summed E-state index contributed by atoms with van der Waals surface area (Å²) in [5, 5.41) is 12.0. The highest BCUT2D eigenvalue weighted by molar-refractivity contribution is 5.17. The Bertz CT molecular complexity index is 1320. The van der Waals surface area contributed by atoms with Gasteiger partial charge in [-0.1, -0.05) is 135 Å². The molecule has 232 valence electrons. The summed E-state index contributed by atoms with van der Waals surface area (Å²) in [6, 6.07) is 40.1. The first-order valence-electron chi connectivity index (χ1n) is 15.6. The van der Waals surface area contributed by atoms with Crippen LogP contribution in [0, 0.1) is 0 Å². The molecule has 1 fully saturated rings. The molecule has 0 spiro atoms. The van der Waals surface area contributed by atoms with Crippen LogP contribution in [-0.2, 0) is 50.1 Å². The average Bonchev–Trinajstić information content (AvgIpc) is 3.08. The Hall–Kier alpha value is -3.36. The summed E-state index contributed by atoms with van der Waals surface area (Å²) < 4.78 is 32.9. The SMILES string of the molecule is CCCCO[C@H]1[C@@H](O)[C@H](OCc2ccccc2)[C@@H](OCc2ccccc2)[C@H](OCc2ccccc2)[C@H]1OCc1ccccc1. The second-order valence-corrected chi connectivity index (χ2v) is 11.2. The first-order valence-corrected chi connectivity index (χ1v) is 15.6. The Morgan fingerprint density at radius 1 is 0.432 bits per heavy atom. The average molecular weight is 597 g/mol. The van der Waals surface area contributed by atoms with E-state index >= 15 is 0 Å². The molecule has 1 N–H and O–H groups in total. The molecule has 0 amide bonds. The molecule has 6 nitrogen and oxygen atoms in total. The smallest absolute Gasteiger partial charge is 0.116 e. The van der Waals surface area contributed by atoms with Gasteiger partial charge in [-0.3, -0.25) is 0 Å². The van der Waals surface area contributed by atoms with Crippen LogP contribution in [0.4, 0.5) is 0 Å². The molecule has 0 saturated heterocycles. The highest BCUT2D eigenvalue weighted by Gasteiger charge is 2.54. The van der Waals surface area contributed by atoms with E-state index in [1.165, 1.54) is 0 Å². The first-order chi connectivity index (χ1) is 21.7. The van der Waals surface area contributed by atoms with Gasteiger partial charge in [-0.25, -0.2) is 0 Å². The van der Waals surface area contributed by atoms with Gasteiger partial charge in [-0.15, -0.1) is 0 Å². The third-order valence-corrected chi connectivity index (χ3v) is 7.92. The fourth-order valence-electron chi connectivity index (χ4n) is 5.52. The van der Waals surface area contributed by atoms with Gasteiger partial charge in [0.05, 0.1) is 26.4 Å². The molecule has 0 aromatic heterocycles. The van der Waals surface area contributed by atoms with Crippen molar-refractivity contribution in [3.8, 4) is 0 Å². The molecule has 0 aliphatic heterocycles. The minimum Gasteiger partial charge on any atom is -0.387 e. The van der Waals surface area contributed by atoms with Gasteiger partial charge in [-0.2, -0.15) is 0 Å². The standard InChI is InChI=1S/C38H44O6/c1-2-3-24-40-34-33(39)35(41-25-29-16-8-4-9-17-29)37(43-27-31-20-12-6-13-21-31)38(44-28-32-22-14-7-15-23-32)36(34)42-26-30-18-10-5-11-19-30/h4-23,33-39H,2-3,24-28H2,1H3/t33-,34+,35+,36+,37-,38-/m1/s1. The lowest BCUT2D eigenvalue weighted by molar-refractivity contribution is -0.281. The quantitative estimate of drug-likeness (QED) is 0.142. The van der Waals surface area contributed by atoms with Gasteiger partial charge in [0.1, 0.15) is 36.6 Å². The molecule has 0 bridgehead atoms. The van der Waals surface area contributed by atoms with Crippen molar-refractivity contribution >= 4 is 0 Å². The Morgan fingerprint density at radius 3 is 1.07 bits per heavy atom. The number of benzene rings is 4. The molecular weight excluding hydrogens is 552 g/mol. The summed E-state index contributed by atoms with van der Waals surface area (Å²) in [5.74, 6) is 0. The number of unbranched alkanes of at least 4 members (excludes halogenated alkanes) is 1. The van der Waals surface area contributed by atoms with Crippen molar-refractivity contribution in [2.24, 2.45) is 0 Å². The van der Waals surface area contributed by atoms with E-state index in [-0.39, 0.29) is 0 Å². The summed E-state index contributed by atoms with van der Waals surface area (Å²) in [6.07, 6.45) is -2.39. The zero-order chi connectivity index (χ0) is 30.4. The van der Waals surface area contributed by atoms with Gasteiger partial charge in [0.2, 0.25) is 0 Å². The van der Waals surface area contributed by atoms with Crippen molar-refractivity contribution in [1.82, 2.24) is 0 Å². The minimum atomic E-state index is -1.01. The van der Waals surface area contributed by atoms with Gasteiger partial charge in [0.15, 0.2) is 0 Å². The Kier molecular flexibility index (Phi) is 12.5. The normalized spacial score (nSPS) is 23.4. The third-order valence-electron chi connectivity index (χ3n) is 7.92. The van der Waals surface area contributed by atoms with Crippen LogP contribution in [0.1, 0.15) is 42.0 Å². The summed E-state index contributed by atoms with van der Waals surface area (Å²) in [5.41, 5.74) is 4.09. The molecule has 6 heteroatoms. The Morgan fingerprint density at radius 2 is 0.727 bits per heavy atom. The van der Waals surface area contributed by atoms with E-state index in [2.05, 4.69) is 6.92 Å². The molecule has 1 aliphatic carbocycles. The largest absolute Gasteiger partial charge is 0.387 e. The van der Waals surface area contributed by atoms with Crippen LogP contribution in [-0.4, -0.2) is 48.3 Å². The van der Waals surface area contributed by atoms with Crippen LogP contribution in [0.3, 0.4) is 0 Å². The van der Waals surface area contributed by atoms with Crippen molar-refractivity contribution < 1.29 is 28.8 Å². The van der Waals surface area contributed by atoms with Crippen LogP contribution in [0.5, 0.6) is 0 Å². The monoisotopic (exact) mass is 596 g/mol. The molecule has 1 saturated carbocycles. The van der Waals surface area contributed by atoms with E-state index in [4.69, 9.17) is 23.7 Å². The number of hydrogen-bond donors (Lipinski definition) is 1. The topological polar surface area (TPSA) is 66.4 Å². The van der Waals surface area contributed by atoms with Crippen LogP contribution in [0.2, 0.25) is 0 Å². The van der Waals surface area contributed by atoms with Crippen LogP contribution >= 0.6 is 0 Å². The lowest BCUT2D eigenvalue weighted by Gasteiger charge is -2.48. The molecule has 0 unspecified atom stereocenters. The zero-order valence-corrected chi connectivity index (χ0v) is 25.4. The van der Waals surface area contributed by atoms with E-state index in [9.17, 15) is 5.11 Å². The molecule has 4 aromatic carbocycles. The van der Waals surface area contributed by atoms with Gasteiger partial charge in [0, 0.05) is 6.61 Å². The van der Waals surface area contributed by atoms with E-state index in [1.54, 1.807) is 0 Å². The van der Waals surface area contributed by atoms with Crippen LogP contribution < -0.4 is 0 Å². The van der Waals surface area contributed by atoms with Crippen LogP contribution in [0.15, 0.2) is 121 Å². The highest BCUT2D eigenvalue weighted by atomic mass is 16.6. The lowest BCUT2D eigenvalue weighted by atomic mass is 9.83. The maximum absolute atomic E-state index is 12.0. The van der Waals surface area contributed by atoms with Crippen molar-refractivity contribution in [3.63, 3.8) is 0 Å². The van der Waals surface area contributed by atoms with E-state index < -0.39 is 36.6 Å². The first kappa shape index (κ1) is 32.0. The van der Waals surface area contributed by atoms with E-state index in [0.29, 0.717) is 33.0 Å². The predicted octanol–water partition coefficient (Wildman–Crippen LogP) is 6.89. The molecular formula is C38H44O6. The van der Waals surface area contributed by atoms with Crippen molar-refractivity contribution in [1.29, 1.82) is 0 Å². The summed E-state index contributed by atoms with van der Waals surface area (Å²) in [4.78, 5) is 0. The third kappa shape index (κ3) is 9.08. The zero-order valence-electron chi connectivity index (χ0n) is 25.4. The second kappa shape index (κ2) is 17.2. The minimum absolute atomic E-state index is 0.316. The molecule has 0 heterocycles. The molecule has 44 heavy (non-hydrogen) atoms.